The van der Waals surface area contributed by atoms with Gasteiger partial charge in [0.25, 0.3) is 0 Å². The first-order valence-corrected chi connectivity index (χ1v) is 17.0. The van der Waals surface area contributed by atoms with Crippen molar-refractivity contribution in [2.75, 3.05) is 16.3 Å². The Bertz CT molecular complexity index is 1750. The number of ketones is 1. The van der Waals surface area contributed by atoms with Crippen molar-refractivity contribution >= 4 is 49.6 Å². The fourth-order valence-corrected chi connectivity index (χ4v) is 6.99. The van der Waals surface area contributed by atoms with Gasteiger partial charge in [-0.25, -0.2) is 8.42 Å². The Morgan fingerprint density at radius 3 is 2.44 bits per heavy atom. The molecule has 1 aliphatic heterocycles. The minimum Gasteiger partial charge on any atom is -0.506 e. The van der Waals surface area contributed by atoms with Crippen molar-refractivity contribution in [2.24, 2.45) is 9.81 Å². The van der Waals surface area contributed by atoms with E-state index in [0.717, 1.165) is 11.9 Å². The Labute approximate surface area is 252 Å². The molecule has 0 bridgehead atoms. The van der Waals surface area contributed by atoms with E-state index in [1.54, 1.807) is 18.3 Å². The number of anilines is 2. The highest BCUT2D eigenvalue weighted by Crippen LogP contribution is 2.57. The van der Waals surface area contributed by atoms with Crippen LogP contribution in [0, 0.1) is 5.41 Å². The number of pyridine rings is 1. The van der Waals surface area contributed by atoms with Crippen molar-refractivity contribution in [3.8, 4) is 0 Å². The third kappa shape index (κ3) is 6.31. The number of rotatable bonds is 8. The number of Topliss-reactive ketones (excluding diaryl/α,β-unsaturated/α-hetero) is 1. The number of sulfonamides is 1. The second-order valence-electron chi connectivity index (χ2n) is 11.9. The molecule has 3 aromatic rings. The number of carbonyl (C=O) groups excluding carboxylic acids is 1. The van der Waals surface area contributed by atoms with E-state index >= 15 is 0 Å². The Balaban J connectivity index is 1.63. The Morgan fingerprint density at radius 1 is 1.05 bits per heavy atom. The predicted molar refractivity (Wildman–Crippen MR) is 170 cm³/mol. The van der Waals surface area contributed by atoms with Crippen LogP contribution < -0.4 is 15.4 Å². The third-order valence-electron chi connectivity index (χ3n) is 7.33. The summed E-state index contributed by atoms with van der Waals surface area (Å²) >= 11 is 0. The molecule has 2 aliphatic rings. The summed E-state index contributed by atoms with van der Waals surface area (Å²) in [6.45, 7) is 6.50. The lowest BCUT2D eigenvalue weighted by Crippen LogP contribution is -2.54. The van der Waals surface area contributed by atoms with E-state index in [2.05, 4.69) is 45.5 Å². The largest absolute Gasteiger partial charge is 0.506 e. The fraction of sp³-hybridized carbons (Fsp3) is 0.300. The van der Waals surface area contributed by atoms with Crippen LogP contribution in [0.25, 0.3) is 5.76 Å². The number of benzene rings is 2. The van der Waals surface area contributed by atoms with Gasteiger partial charge in [0.1, 0.15) is 21.8 Å². The molecule has 0 spiro atoms. The quantitative estimate of drug-likeness (QED) is 0.184. The average Bonchev–Trinajstić information content (AvgIpc) is 2.92. The first-order chi connectivity index (χ1) is 20.1. The smallest absolute Gasteiger partial charge is 0.229 e. The molecule has 0 saturated carbocycles. The van der Waals surface area contributed by atoms with E-state index in [-0.39, 0.29) is 45.4 Å². The van der Waals surface area contributed by atoms with Crippen LogP contribution >= 0.6 is 10.8 Å². The normalized spacial score (nSPS) is 20.4. The maximum atomic E-state index is 14.7. The fourth-order valence-electron chi connectivity index (χ4n) is 5.24. The summed E-state index contributed by atoms with van der Waals surface area (Å²) in [4.78, 5) is 19.1. The second-order valence-corrected chi connectivity index (χ2v) is 15.3. The number of carbonyl (C=O) groups is 1. The number of hydrogen-bond donors (Lipinski definition) is 6. The topological polar surface area (TPSA) is 173 Å². The van der Waals surface area contributed by atoms with Crippen molar-refractivity contribution in [1.29, 1.82) is 0 Å². The molecule has 2 heterocycles. The number of hydrogen-bond acceptors (Lipinski definition) is 10. The van der Waals surface area contributed by atoms with Gasteiger partial charge in [-0.05, 0) is 54.2 Å². The minimum absolute atomic E-state index is 0.0547. The van der Waals surface area contributed by atoms with Crippen LogP contribution in [0.1, 0.15) is 50.4 Å². The Morgan fingerprint density at radius 2 is 1.77 bits per heavy atom. The summed E-state index contributed by atoms with van der Waals surface area (Å²) in [5, 5.41) is 18.0. The van der Waals surface area contributed by atoms with Crippen molar-refractivity contribution in [2.45, 2.75) is 50.6 Å². The molecule has 5 rings (SSSR count). The van der Waals surface area contributed by atoms with E-state index < -0.39 is 32.1 Å². The van der Waals surface area contributed by atoms with Crippen molar-refractivity contribution in [3.05, 3.63) is 89.3 Å². The third-order valence-corrected chi connectivity index (χ3v) is 9.30. The molecule has 43 heavy (non-hydrogen) atoms. The molecule has 1 aromatic heterocycles. The monoisotopic (exact) mass is 625 g/mol. The molecule has 0 radical (unpaired) electrons. The van der Waals surface area contributed by atoms with Crippen LogP contribution in [0.15, 0.2) is 81.7 Å². The number of fused-ring (bicyclic) bond motifs is 2. The number of aliphatic hydroxyl groups is 1. The number of nitrogens with one attached hydrogen (secondary N) is 3. The zero-order chi connectivity index (χ0) is 31.2. The van der Waals surface area contributed by atoms with Crippen LogP contribution in [0.5, 0.6) is 0 Å². The second kappa shape index (κ2) is 11.1. The van der Waals surface area contributed by atoms with Gasteiger partial charge < -0.3 is 10.4 Å². The SMILES string of the molecule is CC(C)(C)CCC1(NCc2ccccn2)C(=O)C(C2=NS(O)(O)c3cc(NS(C)(=O)=O)ccc3N2)=C(O)c2ccccc21. The van der Waals surface area contributed by atoms with Crippen LogP contribution in [-0.4, -0.2) is 45.5 Å². The summed E-state index contributed by atoms with van der Waals surface area (Å²) < 4.78 is 52.1. The molecule has 1 atom stereocenters. The number of nitrogens with zero attached hydrogens (tertiary/aromatic N) is 2. The first kappa shape index (κ1) is 30.7. The van der Waals surface area contributed by atoms with Gasteiger partial charge in [0, 0.05) is 18.3 Å². The molecule has 13 heteroatoms. The zero-order valence-corrected chi connectivity index (χ0v) is 25.9. The van der Waals surface area contributed by atoms with E-state index in [4.69, 9.17) is 0 Å². The molecule has 2 aromatic carbocycles. The highest BCUT2D eigenvalue weighted by molar-refractivity contribution is 8.23. The lowest BCUT2D eigenvalue weighted by atomic mass is 9.69. The number of amidine groups is 1. The predicted octanol–water partition coefficient (Wildman–Crippen LogP) is 5.67. The maximum Gasteiger partial charge on any atom is 0.229 e. The van der Waals surface area contributed by atoms with Crippen LogP contribution in [0.2, 0.25) is 0 Å². The molecule has 0 saturated heterocycles. The summed E-state index contributed by atoms with van der Waals surface area (Å²) in [5.74, 6) is -1.02. The van der Waals surface area contributed by atoms with Gasteiger partial charge in [0.2, 0.25) is 10.0 Å². The standard InChI is InChI=1S/C30H35N5O6S2/c1-29(2,3)14-15-30(32-18-20-9-7-8-16-31-20)22-11-6-5-10-21(22)26(36)25(27(30)37)28-33-23-13-12-19(34-42(4,38)39)17-24(23)43(40,41)35-28/h5-13,16-17,32,34,36,40-41H,14-15,18H2,1-4H3,(H,33,35). The van der Waals surface area contributed by atoms with Gasteiger partial charge in [0.05, 0.1) is 23.3 Å². The van der Waals surface area contributed by atoms with Crippen LogP contribution in [0.4, 0.5) is 11.4 Å². The van der Waals surface area contributed by atoms with E-state index in [0.29, 0.717) is 24.0 Å². The molecule has 228 valence electrons. The number of aromatic nitrogens is 1. The van der Waals surface area contributed by atoms with E-state index in [1.165, 1.54) is 18.2 Å². The maximum absolute atomic E-state index is 14.7. The highest BCUT2D eigenvalue weighted by Gasteiger charge is 2.50. The molecular weight excluding hydrogens is 590 g/mol. The Kier molecular flexibility index (Phi) is 7.90. The van der Waals surface area contributed by atoms with Crippen molar-refractivity contribution in [1.82, 2.24) is 10.3 Å². The van der Waals surface area contributed by atoms with Gasteiger partial charge >= 0.3 is 0 Å². The summed E-state index contributed by atoms with van der Waals surface area (Å²) in [6, 6.07) is 16.8. The molecule has 0 fully saturated rings. The lowest BCUT2D eigenvalue weighted by Gasteiger charge is -2.42. The zero-order valence-electron chi connectivity index (χ0n) is 24.2. The summed E-state index contributed by atoms with van der Waals surface area (Å²) in [6.07, 6.45) is 3.67. The molecule has 1 aliphatic carbocycles. The van der Waals surface area contributed by atoms with Crippen molar-refractivity contribution in [3.63, 3.8) is 0 Å². The van der Waals surface area contributed by atoms with Gasteiger partial charge in [-0.2, -0.15) is 0 Å². The summed E-state index contributed by atoms with van der Waals surface area (Å²) in [7, 11) is -7.53. The molecule has 0 amide bonds. The molecule has 1 unspecified atom stereocenters. The van der Waals surface area contributed by atoms with E-state index in [1.807, 2.05) is 30.3 Å². The van der Waals surface area contributed by atoms with E-state index in [9.17, 15) is 27.4 Å². The van der Waals surface area contributed by atoms with Gasteiger partial charge in [-0.1, -0.05) is 61.9 Å². The Hall–Kier alpha value is -3.75. The number of aliphatic hydroxyl groups excluding tert-OH is 1. The summed E-state index contributed by atoms with van der Waals surface area (Å²) in [5.41, 5.74) is 0.428. The van der Waals surface area contributed by atoms with Crippen LogP contribution in [-0.2, 0) is 26.9 Å². The average molecular weight is 626 g/mol. The van der Waals surface area contributed by atoms with Gasteiger partial charge in [0.15, 0.2) is 11.6 Å². The van der Waals surface area contributed by atoms with Gasteiger partial charge in [-0.15, -0.1) is 4.40 Å². The molecule has 6 N–H and O–H groups in total. The van der Waals surface area contributed by atoms with Gasteiger partial charge in [-0.3, -0.25) is 28.9 Å². The van der Waals surface area contributed by atoms with Crippen molar-refractivity contribution < 1.29 is 27.4 Å². The van der Waals surface area contributed by atoms with Crippen LogP contribution in [0.3, 0.4) is 0 Å². The first-order valence-electron chi connectivity index (χ1n) is 13.6. The lowest BCUT2D eigenvalue weighted by molar-refractivity contribution is -0.122. The molecular formula is C30H35N5O6S2. The highest BCUT2D eigenvalue weighted by atomic mass is 32.3. The minimum atomic E-state index is -3.91. The molecule has 11 nitrogen and oxygen atoms in total.